The van der Waals surface area contributed by atoms with E-state index in [-0.39, 0.29) is 24.5 Å². The molecule has 3 heteroatoms. The SMILES string of the molecule is [2H]C([2H])([2H])C([2H])(NCCc1ccc(O)cc1)C([2H])([2H])Cc1ccc(O)cc1. The molecule has 0 spiro atoms. The van der Waals surface area contributed by atoms with Crippen LogP contribution < -0.4 is 5.32 Å². The van der Waals surface area contributed by atoms with Crippen molar-refractivity contribution >= 4 is 0 Å². The minimum Gasteiger partial charge on any atom is -0.508 e. The van der Waals surface area contributed by atoms with Crippen molar-refractivity contribution in [3.8, 4) is 11.5 Å². The molecule has 21 heavy (non-hydrogen) atoms. The highest BCUT2D eigenvalue weighted by Crippen LogP contribution is 2.12. The van der Waals surface area contributed by atoms with Crippen LogP contribution in [-0.2, 0) is 12.8 Å². The van der Waals surface area contributed by atoms with Gasteiger partial charge in [0.1, 0.15) is 11.5 Å². The molecular formula is C18H23NO2. The van der Waals surface area contributed by atoms with Gasteiger partial charge in [0.05, 0.1) is 0 Å². The van der Waals surface area contributed by atoms with Crippen LogP contribution in [0.4, 0.5) is 0 Å². The summed E-state index contributed by atoms with van der Waals surface area (Å²) in [6.45, 7) is -2.82. The Bertz CT molecular complexity index is 746. The number of hydrogen-bond donors (Lipinski definition) is 3. The van der Waals surface area contributed by atoms with Crippen molar-refractivity contribution in [3.63, 3.8) is 0 Å². The summed E-state index contributed by atoms with van der Waals surface area (Å²) >= 11 is 0. The van der Waals surface area contributed by atoms with Gasteiger partial charge < -0.3 is 15.5 Å². The van der Waals surface area contributed by atoms with Gasteiger partial charge in [-0.25, -0.2) is 0 Å². The average Bonchev–Trinajstić information content (AvgIpc) is 2.57. The number of aryl methyl sites for hydroxylation is 1. The quantitative estimate of drug-likeness (QED) is 0.734. The summed E-state index contributed by atoms with van der Waals surface area (Å²) in [5.74, 6) is 0.147. The van der Waals surface area contributed by atoms with Crippen LogP contribution in [0.2, 0.25) is 0 Å². The Labute approximate surface area is 134 Å². The summed E-state index contributed by atoms with van der Waals surface area (Å²) in [4.78, 5) is 0. The predicted molar refractivity (Wildman–Crippen MR) is 85.7 cm³/mol. The van der Waals surface area contributed by atoms with Crippen LogP contribution in [0.1, 0.15) is 32.6 Å². The van der Waals surface area contributed by atoms with E-state index >= 15 is 0 Å². The second kappa shape index (κ2) is 7.70. The average molecular weight is 291 g/mol. The van der Waals surface area contributed by atoms with Crippen LogP contribution in [-0.4, -0.2) is 22.8 Å². The molecule has 0 heterocycles. The molecule has 1 atom stereocenters. The van der Waals surface area contributed by atoms with E-state index in [1.807, 2.05) is 0 Å². The van der Waals surface area contributed by atoms with Crippen LogP contribution in [0.3, 0.4) is 0 Å². The summed E-state index contributed by atoms with van der Waals surface area (Å²) in [5, 5.41) is 21.2. The van der Waals surface area contributed by atoms with E-state index in [0.717, 1.165) is 5.56 Å². The third-order valence-electron chi connectivity index (χ3n) is 3.06. The lowest BCUT2D eigenvalue weighted by Gasteiger charge is -2.14. The van der Waals surface area contributed by atoms with Gasteiger partial charge in [-0.15, -0.1) is 0 Å². The number of benzene rings is 2. The van der Waals surface area contributed by atoms with Gasteiger partial charge in [-0.05, 0) is 68.0 Å². The zero-order valence-corrected chi connectivity index (χ0v) is 11.6. The van der Waals surface area contributed by atoms with Gasteiger partial charge in [-0.2, -0.15) is 0 Å². The van der Waals surface area contributed by atoms with Crippen molar-refractivity contribution in [1.29, 1.82) is 0 Å². The van der Waals surface area contributed by atoms with Crippen LogP contribution >= 0.6 is 0 Å². The maximum Gasteiger partial charge on any atom is 0.115 e. The topological polar surface area (TPSA) is 52.5 Å². The van der Waals surface area contributed by atoms with Crippen molar-refractivity contribution in [2.24, 2.45) is 0 Å². The normalized spacial score (nSPS) is 19.2. The standard InChI is InChI=1S/C18H23NO2/c1-14(2-3-15-4-8-17(20)9-5-15)19-13-12-16-6-10-18(21)11-7-16/h4-11,14,19-21H,2-3,12-13H2,1H3/i1D3,2D2,14D. The van der Waals surface area contributed by atoms with Crippen molar-refractivity contribution in [2.75, 3.05) is 6.54 Å². The Morgan fingerprint density at radius 3 is 2.05 bits per heavy atom. The van der Waals surface area contributed by atoms with Gasteiger partial charge in [0.25, 0.3) is 0 Å². The lowest BCUT2D eigenvalue weighted by molar-refractivity contribution is 0.474. The molecule has 0 aliphatic heterocycles. The zero-order valence-electron chi connectivity index (χ0n) is 17.6. The van der Waals surface area contributed by atoms with Crippen LogP contribution in [0.5, 0.6) is 11.5 Å². The monoisotopic (exact) mass is 291 g/mol. The van der Waals surface area contributed by atoms with Gasteiger partial charge in [0.2, 0.25) is 0 Å². The molecule has 0 bridgehead atoms. The molecule has 0 aliphatic rings. The second-order valence-electron chi connectivity index (χ2n) is 4.74. The van der Waals surface area contributed by atoms with Crippen molar-refractivity contribution in [3.05, 3.63) is 59.7 Å². The highest BCUT2D eigenvalue weighted by Gasteiger charge is 2.02. The Morgan fingerprint density at radius 2 is 1.52 bits per heavy atom. The molecule has 2 aromatic carbocycles. The van der Waals surface area contributed by atoms with Gasteiger partial charge >= 0.3 is 0 Å². The third kappa shape index (κ3) is 5.48. The molecule has 0 fully saturated rings. The fraction of sp³-hybridized carbons (Fsp3) is 0.333. The minimum atomic E-state index is -2.90. The van der Waals surface area contributed by atoms with E-state index in [4.69, 9.17) is 8.22 Å². The number of aromatic hydroxyl groups is 2. The van der Waals surface area contributed by atoms with Crippen LogP contribution in [0, 0.1) is 0 Å². The molecule has 0 saturated carbocycles. The molecule has 3 N–H and O–H groups in total. The maximum atomic E-state index is 9.34. The zero-order chi connectivity index (χ0) is 20.3. The summed E-state index contributed by atoms with van der Waals surface area (Å²) in [6, 6.07) is 9.66. The van der Waals surface area contributed by atoms with Crippen LogP contribution in [0.25, 0.3) is 0 Å². The van der Waals surface area contributed by atoms with Crippen molar-refractivity contribution in [2.45, 2.75) is 32.1 Å². The van der Waals surface area contributed by atoms with Crippen molar-refractivity contribution < 1.29 is 18.4 Å². The smallest absolute Gasteiger partial charge is 0.115 e. The summed E-state index contributed by atoms with van der Waals surface area (Å²) < 4.78 is 48.2. The van der Waals surface area contributed by atoms with Gasteiger partial charge in [0, 0.05) is 14.2 Å². The first-order valence-electron chi connectivity index (χ1n) is 9.75. The number of rotatable bonds is 7. The van der Waals surface area contributed by atoms with E-state index in [1.165, 1.54) is 36.4 Å². The van der Waals surface area contributed by atoms with E-state index in [0.29, 0.717) is 12.0 Å². The van der Waals surface area contributed by atoms with Gasteiger partial charge in [0.15, 0.2) is 0 Å². The molecule has 1 unspecified atom stereocenters. The third-order valence-corrected chi connectivity index (χ3v) is 3.06. The highest BCUT2D eigenvalue weighted by molar-refractivity contribution is 5.26. The molecule has 0 aliphatic carbocycles. The van der Waals surface area contributed by atoms with E-state index in [9.17, 15) is 10.2 Å². The highest BCUT2D eigenvalue weighted by atomic mass is 16.3. The van der Waals surface area contributed by atoms with E-state index in [1.54, 1.807) is 12.1 Å². The summed E-state index contributed by atoms with van der Waals surface area (Å²) in [7, 11) is 0. The first-order chi connectivity index (χ1) is 12.4. The Hall–Kier alpha value is -2.00. The minimum absolute atomic E-state index is 0.0271. The predicted octanol–water partition coefficient (Wildman–Crippen LogP) is 3.25. The van der Waals surface area contributed by atoms with Gasteiger partial charge in [-0.1, -0.05) is 24.3 Å². The number of phenolic OH excluding ortho intramolecular Hbond substituents is 2. The number of phenols is 2. The summed E-state index contributed by atoms with van der Waals surface area (Å²) in [6.07, 6.45) is -2.31. The largest absolute Gasteiger partial charge is 0.508 e. The molecule has 0 radical (unpaired) electrons. The molecule has 0 saturated heterocycles. The lowest BCUT2D eigenvalue weighted by Crippen LogP contribution is -2.28. The number of nitrogens with one attached hydrogen (secondary N) is 1. The Kier molecular flexibility index (Phi) is 3.34. The molecule has 112 valence electrons. The number of hydrogen-bond acceptors (Lipinski definition) is 3. The van der Waals surface area contributed by atoms with Crippen molar-refractivity contribution in [1.82, 2.24) is 5.32 Å². The Balaban J connectivity index is 2.15. The Morgan fingerprint density at radius 1 is 1.00 bits per heavy atom. The molecule has 3 nitrogen and oxygen atoms in total. The molecule has 0 amide bonds. The fourth-order valence-corrected chi connectivity index (χ4v) is 1.86. The molecule has 2 aromatic rings. The lowest BCUT2D eigenvalue weighted by atomic mass is 10.1. The second-order valence-corrected chi connectivity index (χ2v) is 4.74. The molecular weight excluding hydrogens is 262 g/mol. The maximum absolute atomic E-state index is 9.34. The van der Waals surface area contributed by atoms with E-state index < -0.39 is 19.2 Å². The van der Waals surface area contributed by atoms with Gasteiger partial charge in [-0.3, -0.25) is 0 Å². The first kappa shape index (κ1) is 9.11. The fourth-order valence-electron chi connectivity index (χ4n) is 1.86. The molecule has 0 aromatic heterocycles. The summed E-state index contributed by atoms with van der Waals surface area (Å²) in [5.41, 5.74) is 1.31. The van der Waals surface area contributed by atoms with Crippen LogP contribution in [0.15, 0.2) is 48.5 Å². The first-order valence-corrected chi connectivity index (χ1v) is 6.75. The molecule has 2 rings (SSSR count). The van der Waals surface area contributed by atoms with E-state index in [2.05, 4.69) is 5.32 Å².